The number of hydrogen-bond donors (Lipinski definition) is 1. The van der Waals surface area contributed by atoms with Gasteiger partial charge in [-0.3, -0.25) is 0 Å². The van der Waals surface area contributed by atoms with Crippen molar-refractivity contribution >= 4 is 11.0 Å². The number of nitrogens with zero attached hydrogens (tertiary/aromatic N) is 1. The van der Waals surface area contributed by atoms with Gasteiger partial charge < -0.3 is 4.98 Å². The summed E-state index contributed by atoms with van der Waals surface area (Å²) in [6, 6.07) is 4.43. The molecule has 0 bridgehead atoms. The molecule has 1 heterocycles. The molecule has 0 spiro atoms. The molecule has 1 N–H and O–H groups in total. The second-order valence-corrected chi connectivity index (χ2v) is 5.43. The molecule has 2 heteroatoms. The molecule has 90 valence electrons. The first-order valence-electron chi connectivity index (χ1n) is 6.71. The normalized spacial score (nSPS) is 17.8. The summed E-state index contributed by atoms with van der Waals surface area (Å²) in [6.07, 6.45) is 6.73. The number of rotatable bonds is 1. The molecule has 1 aliphatic rings. The molecule has 2 aromatic rings. The Balaban J connectivity index is 2.03. The smallest absolute Gasteiger partial charge is 0.110 e. The van der Waals surface area contributed by atoms with Gasteiger partial charge in [0.2, 0.25) is 0 Å². The predicted octanol–water partition coefficient (Wildman–Crippen LogP) is 4.23. The quantitative estimate of drug-likeness (QED) is 0.777. The fourth-order valence-electron chi connectivity index (χ4n) is 3.06. The van der Waals surface area contributed by atoms with Crippen molar-refractivity contribution in [1.82, 2.24) is 9.97 Å². The van der Waals surface area contributed by atoms with Crippen molar-refractivity contribution in [3.8, 4) is 0 Å². The molecule has 0 atom stereocenters. The Morgan fingerprint density at radius 3 is 2.65 bits per heavy atom. The van der Waals surface area contributed by atoms with Crippen LogP contribution in [0.15, 0.2) is 12.1 Å². The minimum absolute atomic E-state index is 0.663. The first-order valence-corrected chi connectivity index (χ1v) is 6.71. The Morgan fingerprint density at radius 2 is 1.88 bits per heavy atom. The largest absolute Gasteiger partial charge is 0.342 e. The van der Waals surface area contributed by atoms with Gasteiger partial charge in [0.05, 0.1) is 11.0 Å². The van der Waals surface area contributed by atoms with E-state index in [0.29, 0.717) is 5.92 Å². The van der Waals surface area contributed by atoms with E-state index in [0.717, 1.165) is 5.52 Å². The Morgan fingerprint density at radius 1 is 1.12 bits per heavy atom. The standard InChI is InChI=1S/C15H20N2/c1-10-8-11(2)14-13(9-10)16-15(17-14)12-6-4-3-5-7-12/h8-9,12H,3-7H2,1-2H3,(H,16,17). The van der Waals surface area contributed by atoms with Crippen LogP contribution in [0.1, 0.15) is 55.0 Å². The van der Waals surface area contributed by atoms with E-state index in [1.165, 1.54) is 54.6 Å². The zero-order chi connectivity index (χ0) is 11.8. The maximum Gasteiger partial charge on any atom is 0.110 e. The summed E-state index contributed by atoms with van der Waals surface area (Å²) in [6.45, 7) is 4.30. The third-order valence-electron chi connectivity index (χ3n) is 3.93. The number of hydrogen-bond acceptors (Lipinski definition) is 1. The van der Waals surface area contributed by atoms with E-state index < -0.39 is 0 Å². The van der Waals surface area contributed by atoms with Gasteiger partial charge in [-0.05, 0) is 43.9 Å². The second kappa shape index (κ2) is 4.17. The molecular weight excluding hydrogens is 208 g/mol. The van der Waals surface area contributed by atoms with E-state index >= 15 is 0 Å². The topological polar surface area (TPSA) is 28.7 Å². The van der Waals surface area contributed by atoms with Gasteiger partial charge in [0.1, 0.15) is 5.82 Å². The minimum Gasteiger partial charge on any atom is -0.342 e. The maximum absolute atomic E-state index is 4.82. The molecule has 0 aliphatic heterocycles. The fraction of sp³-hybridized carbons (Fsp3) is 0.533. The summed E-state index contributed by atoms with van der Waals surface area (Å²) in [5.41, 5.74) is 4.98. The third kappa shape index (κ3) is 1.97. The first kappa shape index (κ1) is 10.8. The molecule has 3 rings (SSSR count). The Bertz CT molecular complexity index is 533. The molecule has 0 unspecified atom stereocenters. The SMILES string of the molecule is Cc1cc(C)c2nc(C3CCCCC3)[nH]c2c1. The molecule has 17 heavy (non-hydrogen) atoms. The van der Waals surface area contributed by atoms with Crippen LogP contribution in [0.5, 0.6) is 0 Å². The monoisotopic (exact) mass is 228 g/mol. The fourth-order valence-corrected chi connectivity index (χ4v) is 3.06. The van der Waals surface area contributed by atoms with Crippen molar-refractivity contribution in [3.05, 3.63) is 29.1 Å². The van der Waals surface area contributed by atoms with Crippen molar-refractivity contribution < 1.29 is 0 Å². The average molecular weight is 228 g/mol. The van der Waals surface area contributed by atoms with Crippen LogP contribution in [-0.2, 0) is 0 Å². The van der Waals surface area contributed by atoms with Crippen LogP contribution in [-0.4, -0.2) is 9.97 Å². The van der Waals surface area contributed by atoms with Gasteiger partial charge in [-0.1, -0.05) is 25.3 Å². The van der Waals surface area contributed by atoms with Gasteiger partial charge >= 0.3 is 0 Å². The van der Waals surface area contributed by atoms with Gasteiger partial charge in [0, 0.05) is 5.92 Å². The molecule has 1 aliphatic carbocycles. The van der Waals surface area contributed by atoms with E-state index in [1.807, 2.05) is 0 Å². The summed E-state index contributed by atoms with van der Waals surface area (Å²) in [4.78, 5) is 8.36. The van der Waals surface area contributed by atoms with Gasteiger partial charge in [-0.15, -0.1) is 0 Å². The lowest BCUT2D eigenvalue weighted by Crippen LogP contribution is -2.05. The molecule has 0 amide bonds. The van der Waals surface area contributed by atoms with Crippen LogP contribution in [0.25, 0.3) is 11.0 Å². The molecular formula is C15H20N2. The highest BCUT2D eigenvalue weighted by Gasteiger charge is 2.19. The summed E-state index contributed by atoms with van der Waals surface area (Å²) >= 11 is 0. The van der Waals surface area contributed by atoms with Crippen LogP contribution in [0, 0.1) is 13.8 Å². The first-order chi connectivity index (χ1) is 8.24. The molecule has 0 radical (unpaired) electrons. The Hall–Kier alpha value is -1.31. The van der Waals surface area contributed by atoms with E-state index in [-0.39, 0.29) is 0 Å². The summed E-state index contributed by atoms with van der Waals surface area (Å²) in [5, 5.41) is 0. The van der Waals surface area contributed by atoms with Crippen molar-refractivity contribution in [3.63, 3.8) is 0 Å². The predicted molar refractivity (Wildman–Crippen MR) is 71.4 cm³/mol. The molecule has 2 nitrogen and oxygen atoms in total. The Kier molecular flexibility index (Phi) is 2.65. The van der Waals surface area contributed by atoms with Crippen LogP contribution >= 0.6 is 0 Å². The molecule has 1 aromatic heterocycles. The number of imidazole rings is 1. The van der Waals surface area contributed by atoms with Crippen LogP contribution in [0.3, 0.4) is 0 Å². The second-order valence-electron chi connectivity index (χ2n) is 5.43. The lowest BCUT2D eigenvalue weighted by atomic mass is 9.89. The van der Waals surface area contributed by atoms with E-state index in [4.69, 9.17) is 4.98 Å². The van der Waals surface area contributed by atoms with E-state index in [2.05, 4.69) is 31.0 Å². The lowest BCUT2D eigenvalue weighted by Gasteiger charge is -2.18. The number of fused-ring (bicyclic) bond motifs is 1. The van der Waals surface area contributed by atoms with Crippen molar-refractivity contribution in [1.29, 1.82) is 0 Å². The number of nitrogens with one attached hydrogen (secondary N) is 1. The lowest BCUT2D eigenvalue weighted by molar-refractivity contribution is 0.431. The van der Waals surface area contributed by atoms with Crippen LogP contribution in [0.4, 0.5) is 0 Å². The van der Waals surface area contributed by atoms with Gasteiger partial charge in [0.25, 0.3) is 0 Å². The Labute approximate surface area is 102 Å². The number of aromatic nitrogens is 2. The van der Waals surface area contributed by atoms with Crippen molar-refractivity contribution in [2.45, 2.75) is 51.9 Å². The highest BCUT2D eigenvalue weighted by atomic mass is 14.9. The molecule has 1 saturated carbocycles. The number of H-pyrrole nitrogens is 1. The van der Waals surface area contributed by atoms with Crippen molar-refractivity contribution in [2.24, 2.45) is 0 Å². The highest BCUT2D eigenvalue weighted by molar-refractivity contribution is 5.79. The molecule has 1 fully saturated rings. The zero-order valence-corrected chi connectivity index (χ0v) is 10.7. The highest BCUT2D eigenvalue weighted by Crippen LogP contribution is 2.32. The van der Waals surface area contributed by atoms with Crippen LogP contribution < -0.4 is 0 Å². The zero-order valence-electron chi connectivity index (χ0n) is 10.7. The summed E-state index contributed by atoms with van der Waals surface area (Å²) in [5.74, 6) is 1.88. The number of aromatic amines is 1. The maximum atomic E-state index is 4.82. The van der Waals surface area contributed by atoms with Crippen molar-refractivity contribution in [2.75, 3.05) is 0 Å². The van der Waals surface area contributed by atoms with Gasteiger partial charge in [0.15, 0.2) is 0 Å². The molecule has 1 aromatic carbocycles. The number of aryl methyl sites for hydroxylation is 2. The summed E-state index contributed by atoms with van der Waals surface area (Å²) in [7, 11) is 0. The van der Waals surface area contributed by atoms with Crippen LogP contribution in [0.2, 0.25) is 0 Å². The molecule has 0 saturated heterocycles. The minimum atomic E-state index is 0.663. The van der Waals surface area contributed by atoms with E-state index in [9.17, 15) is 0 Å². The van der Waals surface area contributed by atoms with E-state index in [1.54, 1.807) is 0 Å². The number of benzene rings is 1. The average Bonchev–Trinajstić information content (AvgIpc) is 2.74. The third-order valence-corrected chi connectivity index (χ3v) is 3.93. The van der Waals surface area contributed by atoms with Gasteiger partial charge in [-0.2, -0.15) is 0 Å². The van der Waals surface area contributed by atoms with Gasteiger partial charge in [-0.25, -0.2) is 4.98 Å². The summed E-state index contributed by atoms with van der Waals surface area (Å²) < 4.78 is 0.